The van der Waals surface area contributed by atoms with Crippen LogP contribution < -0.4 is 0 Å². The molecule has 0 atom stereocenters. The van der Waals surface area contributed by atoms with Crippen LogP contribution in [0.5, 0.6) is 0 Å². The molecule has 0 amide bonds. The molecule has 0 spiro atoms. The summed E-state index contributed by atoms with van der Waals surface area (Å²) >= 11 is 1.77. The molecular formula is C13H17NOS. The molecule has 2 nitrogen and oxygen atoms in total. The largest absolute Gasteiger partial charge is 0.367 e. The van der Waals surface area contributed by atoms with E-state index in [1.807, 2.05) is 6.08 Å². The predicted molar refractivity (Wildman–Crippen MR) is 67.3 cm³/mol. The number of hydrogen-bond acceptors (Lipinski definition) is 3. The zero-order chi connectivity index (χ0) is 11.5. The molecule has 1 heterocycles. The summed E-state index contributed by atoms with van der Waals surface area (Å²) in [7, 11) is 0. The van der Waals surface area contributed by atoms with Gasteiger partial charge in [0, 0.05) is 29.1 Å². The molecule has 1 aromatic rings. The van der Waals surface area contributed by atoms with Gasteiger partial charge in [-0.3, -0.25) is 4.79 Å². The van der Waals surface area contributed by atoms with Crippen molar-refractivity contribution in [1.29, 1.82) is 0 Å². The Hall–Kier alpha value is -1.09. The van der Waals surface area contributed by atoms with E-state index in [0.29, 0.717) is 12.5 Å². The van der Waals surface area contributed by atoms with Crippen LogP contribution in [-0.4, -0.2) is 16.7 Å². The van der Waals surface area contributed by atoms with Crippen LogP contribution in [0.1, 0.15) is 31.6 Å². The summed E-state index contributed by atoms with van der Waals surface area (Å²) in [6.07, 6.45) is 3.40. The lowest BCUT2D eigenvalue weighted by Crippen LogP contribution is -2.28. The summed E-state index contributed by atoms with van der Waals surface area (Å²) in [5, 5.41) is 2.10. The summed E-state index contributed by atoms with van der Waals surface area (Å²) in [6.45, 7) is 5.28. The highest BCUT2D eigenvalue weighted by Crippen LogP contribution is 2.24. The number of rotatable bonds is 4. The Labute approximate surface area is 101 Å². The molecule has 0 fully saturated rings. The summed E-state index contributed by atoms with van der Waals surface area (Å²) in [6, 6.07) is 4.67. The smallest absolute Gasteiger partial charge is 0.157 e. The topological polar surface area (TPSA) is 20.3 Å². The third-order valence-electron chi connectivity index (χ3n) is 2.85. The minimum Gasteiger partial charge on any atom is -0.367 e. The van der Waals surface area contributed by atoms with Crippen LogP contribution in [-0.2, 0) is 11.3 Å². The quantitative estimate of drug-likeness (QED) is 0.798. The Balaban J connectivity index is 2.12. The lowest BCUT2D eigenvalue weighted by Gasteiger charge is -2.29. The maximum absolute atomic E-state index is 11.3. The van der Waals surface area contributed by atoms with E-state index in [4.69, 9.17) is 0 Å². The molecule has 1 aliphatic rings. The van der Waals surface area contributed by atoms with Gasteiger partial charge in [0.25, 0.3) is 0 Å². The summed E-state index contributed by atoms with van der Waals surface area (Å²) in [5.41, 5.74) is 1.20. The van der Waals surface area contributed by atoms with Gasteiger partial charge in [-0.15, -0.1) is 11.3 Å². The molecule has 0 saturated heterocycles. The van der Waals surface area contributed by atoms with E-state index in [-0.39, 0.29) is 5.78 Å². The van der Waals surface area contributed by atoms with Gasteiger partial charge < -0.3 is 4.90 Å². The fourth-order valence-electron chi connectivity index (χ4n) is 1.99. The van der Waals surface area contributed by atoms with E-state index in [9.17, 15) is 4.79 Å². The highest BCUT2D eigenvalue weighted by atomic mass is 32.1. The van der Waals surface area contributed by atoms with Crippen LogP contribution in [0, 0.1) is 0 Å². The minimum absolute atomic E-state index is 0.270. The van der Waals surface area contributed by atoms with E-state index >= 15 is 0 Å². The van der Waals surface area contributed by atoms with Crippen molar-refractivity contribution in [3.05, 3.63) is 34.2 Å². The Morgan fingerprint density at radius 2 is 2.25 bits per heavy atom. The van der Waals surface area contributed by atoms with Crippen LogP contribution in [0.15, 0.2) is 29.3 Å². The Kier molecular flexibility index (Phi) is 3.44. The van der Waals surface area contributed by atoms with Crippen LogP contribution in [0.2, 0.25) is 0 Å². The van der Waals surface area contributed by atoms with Gasteiger partial charge in [0.2, 0.25) is 0 Å². The number of allylic oxidation sites excluding steroid dienone is 2. The average Bonchev–Trinajstić information content (AvgIpc) is 2.84. The number of carbonyl (C=O) groups is 1. The van der Waals surface area contributed by atoms with E-state index in [0.717, 1.165) is 13.0 Å². The van der Waals surface area contributed by atoms with Gasteiger partial charge >= 0.3 is 0 Å². The van der Waals surface area contributed by atoms with Gasteiger partial charge in [0.1, 0.15) is 0 Å². The zero-order valence-electron chi connectivity index (χ0n) is 9.77. The molecule has 0 bridgehead atoms. The van der Waals surface area contributed by atoms with Crippen molar-refractivity contribution in [3.63, 3.8) is 0 Å². The fourth-order valence-corrected chi connectivity index (χ4v) is 2.70. The lowest BCUT2D eigenvalue weighted by molar-refractivity contribution is -0.114. The summed E-state index contributed by atoms with van der Waals surface area (Å²) in [4.78, 5) is 15.0. The lowest BCUT2D eigenvalue weighted by atomic mass is 10.2. The standard InChI is InChI=1S/C13H17NOS/c1-10(2)14(9-13-4-3-7-16-13)11-5-6-12(15)8-11/h3-4,7-8,10H,5-6,9H2,1-2H3. The minimum atomic E-state index is 0.270. The van der Waals surface area contributed by atoms with Crippen molar-refractivity contribution in [2.45, 2.75) is 39.3 Å². The number of ketones is 1. The average molecular weight is 235 g/mol. The first kappa shape index (κ1) is 11.4. The molecule has 0 N–H and O–H groups in total. The zero-order valence-corrected chi connectivity index (χ0v) is 10.6. The third kappa shape index (κ3) is 2.53. The molecule has 86 valence electrons. The number of hydrogen-bond donors (Lipinski definition) is 0. The molecule has 0 aliphatic heterocycles. The van der Waals surface area contributed by atoms with Crippen LogP contribution in [0.25, 0.3) is 0 Å². The van der Waals surface area contributed by atoms with E-state index in [1.165, 1.54) is 10.6 Å². The predicted octanol–water partition coefficient (Wildman–Crippen LogP) is 3.21. The van der Waals surface area contributed by atoms with E-state index in [1.54, 1.807) is 11.3 Å². The van der Waals surface area contributed by atoms with Crippen LogP contribution in [0.4, 0.5) is 0 Å². The Morgan fingerprint density at radius 1 is 1.44 bits per heavy atom. The summed E-state index contributed by atoms with van der Waals surface area (Å²) in [5.74, 6) is 0.270. The maximum atomic E-state index is 11.3. The first-order valence-electron chi connectivity index (χ1n) is 5.69. The van der Waals surface area contributed by atoms with Crippen molar-refractivity contribution in [3.8, 4) is 0 Å². The van der Waals surface area contributed by atoms with E-state index in [2.05, 4.69) is 36.3 Å². The van der Waals surface area contributed by atoms with E-state index < -0.39 is 0 Å². The van der Waals surface area contributed by atoms with Gasteiger partial charge in [-0.1, -0.05) is 6.07 Å². The van der Waals surface area contributed by atoms with Crippen LogP contribution >= 0.6 is 11.3 Å². The Morgan fingerprint density at radius 3 is 2.75 bits per heavy atom. The highest BCUT2D eigenvalue weighted by molar-refractivity contribution is 7.09. The molecule has 0 unspecified atom stereocenters. The van der Waals surface area contributed by atoms with Gasteiger partial charge in [-0.2, -0.15) is 0 Å². The second-order valence-corrected chi connectivity index (χ2v) is 5.44. The van der Waals surface area contributed by atoms with Gasteiger partial charge in [-0.25, -0.2) is 0 Å². The molecule has 3 heteroatoms. The molecule has 0 aromatic carbocycles. The fraction of sp³-hybridized carbons (Fsp3) is 0.462. The van der Waals surface area contributed by atoms with Crippen molar-refractivity contribution in [1.82, 2.24) is 4.90 Å². The number of nitrogens with zero attached hydrogens (tertiary/aromatic N) is 1. The summed E-state index contributed by atoms with van der Waals surface area (Å²) < 4.78 is 0. The van der Waals surface area contributed by atoms with Gasteiger partial charge in [-0.05, 0) is 31.7 Å². The third-order valence-corrected chi connectivity index (χ3v) is 3.71. The molecule has 0 saturated carbocycles. The highest BCUT2D eigenvalue weighted by Gasteiger charge is 2.20. The van der Waals surface area contributed by atoms with Crippen LogP contribution in [0.3, 0.4) is 0 Å². The second kappa shape index (κ2) is 4.83. The molecule has 1 aromatic heterocycles. The molecular weight excluding hydrogens is 218 g/mol. The molecule has 0 radical (unpaired) electrons. The second-order valence-electron chi connectivity index (χ2n) is 4.40. The maximum Gasteiger partial charge on any atom is 0.157 e. The van der Waals surface area contributed by atoms with Crippen molar-refractivity contribution >= 4 is 17.1 Å². The number of carbonyl (C=O) groups excluding carboxylic acids is 1. The van der Waals surface area contributed by atoms with Crippen molar-refractivity contribution in [2.75, 3.05) is 0 Å². The molecule has 1 aliphatic carbocycles. The van der Waals surface area contributed by atoms with Gasteiger partial charge in [0.15, 0.2) is 5.78 Å². The first-order valence-corrected chi connectivity index (χ1v) is 6.57. The first-order chi connectivity index (χ1) is 7.66. The van der Waals surface area contributed by atoms with Gasteiger partial charge in [0.05, 0.1) is 6.54 Å². The van der Waals surface area contributed by atoms with Crippen molar-refractivity contribution in [2.24, 2.45) is 0 Å². The molecule has 2 rings (SSSR count). The number of thiophene rings is 1. The SMILES string of the molecule is CC(C)N(Cc1cccs1)C1=CC(=O)CC1. The van der Waals surface area contributed by atoms with Crippen molar-refractivity contribution < 1.29 is 4.79 Å². The normalized spacial score (nSPS) is 15.7. The monoisotopic (exact) mass is 235 g/mol. The Bertz CT molecular complexity index is 392. The molecule has 16 heavy (non-hydrogen) atoms.